The number of amides is 1. The molecule has 0 radical (unpaired) electrons. The number of anilines is 1. The predicted molar refractivity (Wildman–Crippen MR) is 144 cm³/mol. The molecule has 6 nitrogen and oxygen atoms in total. The zero-order valence-corrected chi connectivity index (χ0v) is 21.8. The molecular formula is C26H26ClN3O3S2. The van der Waals surface area contributed by atoms with E-state index in [9.17, 15) is 4.79 Å². The molecular weight excluding hydrogens is 502 g/mol. The fourth-order valence-electron chi connectivity index (χ4n) is 4.66. The van der Waals surface area contributed by atoms with Crippen LogP contribution in [0.4, 0.5) is 5.00 Å². The second-order valence-corrected chi connectivity index (χ2v) is 10.8. The third kappa shape index (κ3) is 4.76. The molecule has 0 atom stereocenters. The number of carbonyl (C=O) groups excluding carboxylic acids is 1. The first-order chi connectivity index (χ1) is 16.7. The summed E-state index contributed by atoms with van der Waals surface area (Å²) in [5.74, 6) is 1.39. The van der Waals surface area contributed by atoms with Gasteiger partial charge in [-0.2, -0.15) is 0 Å². The number of nitrogens with zero attached hydrogens (tertiary/aromatic N) is 2. The summed E-state index contributed by atoms with van der Waals surface area (Å²) < 4.78 is 12.0. The topological polar surface area (TPSA) is 63.7 Å². The van der Waals surface area contributed by atoms with Gasteiger partial charge in [0.15, 0.2) is 11.5 Å². The standard InChI is InChI=1S/C26H25N3O3S2.ClH/c1-2-10-29-11-9-17-22(14-29)34-26(24(17)25-27-18-5-3-4-6-21(18)33-25)28-23(30)13-16-7-8-19-20(12-16)32-15-31-19;/h3-8,12H,2,9-11,13-15H2,1H3,(H,28,30);1H. The number of benzene rings is 2. The van der Waals surface area contributed by atoms with Gasteiger partial charge in [-0.25, -0.2) is 4.98 Å². The Morgan fingerprint density at radius 1 is 1.14 bits per heavy atom. The minimum absolute atomic E-state index is 0. The molecule has 182 valence electrons. The molecule has 0 saturated carbocycles. The van der Waals surface area contributed by atoms with E-state index in [2.05, 4.69) is 29.3 Å². The van der Waals surface area contributed by atoms with Crippen molar-refractivity contribution in [3.8, 4) is 22.1 Å². The maximum absolute atomic E-state index is 13.1. The number of fused-ring (bicyclic) bond motifs is 3. The average Bonchev–Trinajstić information content (AvgIpc) is 3.54. The third-order valence-electron chi connectivity index (χ3n) is 6.24. The molecule has 1 N–H and O–H groups in total. The normalized spacial score (nSPS) is 14.5. The first kappa shape index (κ1) is 24.1. The van der Waals surface area contributed by atoms with Gasteiger partial charge >= 0.3 is 0 Å². The van der Waals surface area contributed by atoms with Crippen molar-refractivity contribution in [2.45, 2.75) is 32.7 Å². The zero-order valence-electron chi connectivity index (χ0n) is 19.3. The summed E-state index contributed by atoms with van der Waals surface area (Å²) in [6.07, 6.45) is 2.40. The van der Waals surface area contributed by atoms with Gasteiger partial charge in [0.25, 0.3) is 0 Å². The number of halogens is 1. The molecule has 4 heterocycles. The molecule has 2 aliphatic rings. The summed E-state index contributed by atoms with van der Waals surface area (Å²) >= 11 is 3.40. The van der Waals surface area contributed by atoms with Gasteiger partial charge < -0.3 is 14.8 Å². The summed E-state index contributed by atoms with van der Waals surface area (Å²) in [5.41, 5.74) is 4.36. The first-order valence-corrected chi connectivity index (χ1v) is 13.2. The molecule has 6 rings (SSSR count). The Hall–Kier alpha value is -2.65. The van der Waals surface area contributed by atoms with Crippen LogP contribution in [0.2, 0.25) is 0 Å². The molecule has 0 saturated heterocycles. The van der Waals surface area contributed by atoms with Crippen molar-refractivity contribution in [2.24, 2.45) is 0 Å². The van der Waals surface area contributed by atoms with E-state index in [-0.39, 0.29) is 31.5 Å². The quantitative estimate of drug-likeness (QED) is 0.327. The smallest absolute Gasteiger partial charge is 0.231 e. The molecule has 2 aromatic heterocycles. The molecule has 4 aromatic rings. The molecule has 9 heteroatoms. The number of hydrogen-bond acceptors (Lipinski definition) is 7. The van der Waals surface area contributed by atoms with Crippen LogP contribution in [0.1, 0.15) is 29.3 Å². The Kier molecular flexibility index (Phi) is 6.98. The molecule has 35 heavy (non-hydrogen) atoms. The van der Waals surface area contributed by atoms with Crippen LogP contribution < -0.4 is 14.8 Å². The number of thiophene rings is 1. The highest BCUT2D eigenvalue weighted by atomic mass is 35.5. The van der Waals surface area contributed by atoms with Crippen molar-refractivity contribution < 1.29 is 14.3 Å². The number of rotatable bonds is 6. The van der Waals surface area contributed by atoms with Gasteiger partial charge in [0, 0.05) is 23.5 Å². The fraction of sp³-hybridized carbons (Fsp3) is 0.308. The van der Waals surface area contributed by atoms with Crippen LogP contribution in [-0.4, -0.2) is 35.7 Å². The van der Waals surface area contributed by atoms with Gasteiger partial charge in [0.2, 0.25) is 12.7 Å². The Balaban J connectivity index is 0.00000253. The van der Waals surface area contributed by atoms with Gasteiger partial charge in [-0.15, -0.1) is 35.1 Å². The average molecular weight is 528 g/mol. The van der Waals surface area contributed by atoms with E-state index in [1.165, 1.54) is 15.1 Å². The van der Waals surface area contributed by atoms with Crippen LogP contribution in [0, 0.1) is 0 Å². The van der Waals surface area contributed by atoms with Crippen LogP contribution in [0.3, 0.4) is 0 Å². The summed E-state index contributed by atoms with van der Waals surface area (Å²) in [5, 5.41) is 5.13. The zero-order chi connectivity index (χ0) is 23.1. The van der Waals surface area contributed by atoms with E-state index < -0.39 is 0 Å². The van der Waals surface area contributed by atoms with Crippen LogP contribution >= 0.6 is 35.1 Å². The van der Waals surface area contributed by atoms with Crippen LogP contribution in [0.15, 0.2) is 42.5 Å². The van der Waals surface area contributed by atoms with E-state index in [4.69, 9.17) is 14.5 Å². The molecule has 0 bridgehead atoms. The maximum atomic E-state index is 13.1. The molecule has 0 spiro atoms. The molecule has 0 aliphatic carbocycles. The molecule has 2 aliphatic heterocycles. The Labute approximate surface area is 218 Å². The molecule has 0 fully saturated rings. The van der Waals surface area contributed by atoms with Crippen molar-refractivity contribution in [1.29, 1.82) is 0 Å². The molecule has 0 unspecified atom stereocenters. The maximum Gasteiger partial charge on any atom is 0.231 e. The summed E-state index contributed by atoms with van der Waals surface area (Å²) in [7, 11) is 0. The van der Waals surface area contributed by atoms with E-state index in [0.29, 0.717) is 5.75 Å². The summed E-state index contributed by atoms with van der Waals surface area (Å²) in [4.78, 5) is 21.9. The summed E-state index contributed by atoms with van der Waals surface area (Å²) in [6.45, 7) is 5.52. The highest BCUT2D eigenvalue weighted by Crippen LogP contribution is 2.45. The molecule has 1 amide bonds. The Morgan fingerprint density at radius 3 is 2.86 bits per heavy atom. The van der Waals surface area contributed by atoms with E-state index >= 15 is 0 Å². The van der Waals surface area contributed by atoms with Gasteiger partial charge in [0.05, 0.1) is 16.6 Å². The van der Waals surface area contributed by atoms with Crippen molar-refractivity contribution in [1.82, 2.24) is 9.88 Å². The largest absolute Gasteiger partial charge is 0.454 e. The highest BCUT2D eigenvalue weighted by molar-refractivity contribution is 7.22. The Bertz CT molecular complexity index is 1350. The van der Waals surface area contributed by atoms with Gasteiger partial charge in [-0.1, -0.05) is 25.1 Å². The highest BCUT2D eigenvalue weighted by Gasteiger charge is 2.27. The second kappa shape index (κ2) is 10.1. The lowest BCUT2D eigenvalue weighted by molar-refractivity contribution is -0.115. The van der Waals surface area contributed by atoms with Gasteiger partial charge in [-0.05, 0) is 54.8 Å². The minimum Gasteiger partial charge on any atom is -0.454 e. The third-order valence-corrected chi connectivity index (χ3v) is 8.42. The van der Waals surface area contributed by atoms with Crippen molar-refractivity contribution in [3.63, 3.8) is 0 Å². The van der Waals surface area contributed by atoms with Crippen LogP contribution in [-0.2, 0) is 24.2 Å². The van der Waals surface area contributed by atoms with E-state index in [0.717, 1.165) is 64.9 Å². The lowest BCUT2D eigenvalue weighted by Gasteiger charge is -2.26. The van der Waals surface area contributed by atoms with Crippen molar-refractivity contribution in [2.75, 3.05) is 25.2 Å². The minimum atomic E-state index is -0.0368. The SMILES string of the molecule is CCCN1CCc2c(sc(NC(=O)Cc3ccc4c(c3)OCO4)c2-c2nc3ccccc3s2)C1.Cl. The Morgan fingerprint density at radius 2 is 2.00 bits per heavy atom. The lowest BCUT2D eigenvalue weighted by atomic mass is 10.0. The number of thiazole rings is 1. The second-order valence-electron chi connectivity index (χ2n) is 8.63. The predicted octanol–water partition coefficient (Wildman–Crippen LogP) is 6.12. The number of aromatic nitrogens is 1. The lowest BCUT2D eigenvalue weighted by Crippen LogP contribution is -2.30. The van der Waals surface area contributed by atoms with Crippen molar-refractivity contribution >= 4 is 56.2 Å². The summed E-state index contributed by atoms with van der Waals surface area (Å²) in [6, 6.07) is 13.9. The monoisotopic (exact) mass is 527 g/mol. The number of hydrogen-bond donors (Lipinski definition) is 1. The van der Waals surface area contributed by atoms with Crippen LogP contribution in [0.25, 0.3) is 20.8 Å². The number of nitrogens with one attached hydrogen (secondary N) is 1. The van der Waals surface area contributed by atoms with E-state index in [1.807, 2.05) is 30.3 Å². The first-order valence-electron chi connectivity index (χ1n) is 11.6. The van der Waals surface area contributed by atoms with E-state index in [1.54, 1.807) is 22.7 Å². The number of carbonyl (C=O) groups is 1. The number of para-hydroxylation sites is 1. The number of ether oxygens (including phenoxy) is 2. The fourth-order valence-corrected chi connectivity index (χ4v) is 7.08. The van der Waals surface area contributed by atoms with Gasteiger partial charge in [0.1, 0.15) is 10.0 Å². The van der Waals surface area contributed by atoms with Gasteiger partial charge in [-0.3, -0.25) is 9.69 Å². The van der Waals surface area contributed by atoms with Crippen molar-refractivity contribution in [3.05, 3.63) is 58.5 Å². The molecule has 2 aromatic carbocycles. The van der Waals surface area contributed by atoms with Crippen LogP contribution in [0.5, 0.6) is 11.5 Å².